The summed E-state index contributed by atoms with van der Waals surface area (Å²) >= 11 is 10.6. The molecule has 1 radical (unpaired) electrons. The Labute approximate surface area is 210 Å². The number of hydrogen-bond acceptors (Lipinski definition) is 8. The van der Waals surface area contributed by atoms with Crippen LogP contribution in [-0.2, 0) is 42.3 Å². The van der Waals surface area contributed by atoms with E-state index < -0.39 is 0 Å². The van der Waals surface area contributed by atoms with Crippen LogP contribution in [0.15, 0.2) is 20.2 Å². The van der Waals surface area contributed by atoms with Crippen molar-refractivity contribution < 1.29 is 17.1 Å². The van der Waals surface area contributed by atoms with Crippen LogP contribution in [0.1, 0.15) is 47.5 Å². The molecule has 181 valence electrons. The van der Waals surface area contributed by atoms with E-state index in [1.54, 1.807) is 0 Å². The third-order valence-electron chi connectivity index (χ3n) is 5.27. The van der Waals surface area contributed by atoms with Gasteiger partial charge in [0.15, 0.2) is 0 Å². The van der Waals surface area contributed by atoms with Gasteiger partial charge in [-0.05, 0) is 49.4 Å². The summed E-state index contributed by atoms with van der Waals surface area (Å²) in [4.78, 5) is 13.4. The molecule has 0 aromatic carbocycles. The van der Waals surface area contributed by atoms with Crippen molar-refractivity contribution in [2.75, 3.05) is 52.4 Å². The van der Waals surface area contributed by atoms with Gasteiger partial charge in [-0.25, -0.2) is 0 Å². The van der Waals surface area contributed by atoms with Crippen molar-refractivity contribution in [2.45, 2.75) is 47.5 Å². The summed E-state index contributed by atoms with van der Waals surface area (Å²) in [6.45, 7) is 17.9. The first-order valence-corrected chi connectivity index (χ1v) is 11.8. The van der Waals surface area contributed by atoms with Crippen LogP contribution in [0.3, 0.4) is 0 Å². The Bertz CT molecular complexity index is 616. The van der Waals surface area contributed by atoms with Crippen LogP contribution >= 0.6 is 0 Å². The molecule has 0 saturated heterocycles. The van der Waals surface area contributed by atoms with Crippen LogP contribution in [0.4, 0.5) is 0 Å². The van der Waals surface area contributed by atoms with Crippen LogP contribution < -0.4 is 10.9 Å². The molecule has 1 fully saturated rings. The molecule has 11 heteroatoms. The molecule has 0 unspecified atom stereocenters. The van der Waals surface area contributed by atoms with Gasteiger partial charge in [-0.15, -0.1) is 0 Å². The molecule has 0 aromatic heterocycles. The molecule has 31 heavy (non-hydrogen) atoms. The Balaban J connectivity index is 0.00000900. The van der Waals surface area contributed by atoms with Crippen molar-refractivity contribution in [1.82, 2.24) is 20.7 Å². The molecule has 1 rings (SSSR count). The third kappa shape index (κ3) is 12.1. The van der Waals surface area contributed by atoms with Gasteiger partial charge in [-0.2, -0.15) is 10.2 Å². The van der Waals surface area contributed by atoms with E-state index in [0.717, 1.165) is 63.5 Å². The number of hydrogen-bond donors (Lipinski definition) is 2. The molecule has 0 aromatic rings. The number of amidine groups is 2. The largest absolute Gasteiger partial charge is 2.00 e. The second-order valence-electron chi connectivity index (χ2n) is 7.15. The number of nitrogens with one attached hydrogen (secondary N) is 2. The van der Waals surface area contributed by atoms with E-state index in [-0.39, 0.29) is 17.1 Å². The Kier molecular flexibility index (Phi) is 17.2. The van der Waals surface area contributed by atoms with E-state index in [1.807, 2.05) is 0 Å². The molecular weight excluding hydrogens is 480 g/mol. The fourth-order valence-corrected chi connectivity index (χ4v) is 3.42. The van der Waals surface area contributed by atoms with Crippen LogP contribution in [-0.4, -0.2) is 83.9 Å². The van der Waals surface area contributed by atoms with Crippen LogP contribution in [0.2, 0.25) is 0 Å². The molecule has 0 amide bonds. The molecule has 0 heterocycles. The number of aliphatic imine (C=N–C) groups is 2. The van der Waals surface area contributed by atoms with Crippen LogP contribution in [0.5, 0.6) is 0 Å². The summed E-state index contributed by atoms with van der Waals surface area (Å²) in [6, 6.07) is 0. The minimum atomic E-state index is 0. The Morgan fingerprint density at radius 2 is 1.32 bits per heavy atom. The van der Waals surface area contributed by atoms with Gasteiger partial charge >= 0.3 is 17.1 Å². The predicted octanol–water partition coefficient (Wildman–Crippen LogP) is 1.79. The number of likely N-dealkylation sites (N-methyl/N-ethyl adjacent to an activating group) is 2. The molecule has 0 spiro atoms. The van der Waals surface area contributed by atoms with Gasteiger partial charge in [-0.1, -0.05) is 34.6 Å². The first kappa shape index (κ1) is 30.2. The van der Waals surface area contributed by atoms with E-state index in [9.17, 15) is 0 Å². The molecule has 8 nitrogen and oxygen atoms in total. The molecule has 1 aliphatic carbocycles. The van der Waals surface area contributed by atoms with Gasteiger partial charge in [-0.3, -0.25) is 20.8 Å². The Morgan fingerprint density at radius 1 is 0.871 bits per heavy atom. The zero-order chi connectivity index (χ0) is 22.4. The molecule has 0 aliphatic heterocycles. The Morgan fingerprint density at radius 3 is 1.77 bits per heavy atom. The second kappa shape index (κ2) is 17.7. The maximum atomic E-state index is 5.29. The topological polar surface area (TPSA) is 80.0 Å². The SMILES string of the molecule is CCN(CC)CCN=C([S-])N/N=C1\CC[C@H](C)\C1=N/NC([S-])=NCCN(CC)CC.[Cu+2]. The van der Waals surface area contributed by atoms with Gasteiger partial charge in [0.25, 0.3) is 0 Å². The fraction of sp³-hybridized carbons (Fsp3) is 0.800. The quantitative estimate of drug-likeness (QED) is 0.135. The van der Waals surface area contributed by atoms with E-state index in [1.165, 1.54) is 0 Å². The first-order chi connectivity index (χ1) is 14.4. The van der Waals surface area contributed by atoms with Gasteiger partial charge in [0.1, 0.15) is 0 Å². The molecule has 1 saturated carbocycles. The number of hydrazone groups is 2. The summed E-state index contributed by atoms with van der Waals surface area (Å²) < 4.78 is 0. The average Bonchev–Trinajstić information content (AvgIpc) is 3.10. The molecule has 1 aliphatic rings. The summed E-state index contributed by atoms with van der Waals surface area (Å²) in [5.41, 5.74) is 7.59. The standard InChI is InChI=1S/C20H40N8S2.Cu/c1-6-27(7-2)14-12-21-19(29)25-23-17-11-10-16(5)18(17)24-26-20(30)22-13-15-28(8-3)9-4;/h16H,6-15H2,1-5H3,(H2,21,25,29)(H2,22,26,30);/q;+2/p-2/b23-17+,24-18+;/t16-;/m0./s1. The van der Waals surface area contributed by atoms with Gasteiger partial charge in [0.05, 0.1) is 24.5 Å². The van der Waals surface area contributed by atoms with E-state index in [0.29, 0.717) is 29.3 Å². The number of nitrogens with zero attached hydrogens (tertiary/aromatic N) is 6. The smallest absolute Gasteiger partial charge is 0.741 e. The molecular formula is C20H38CuN8S2. The Hall–Kier alpha value is -0.841. The van der Waals surface area contributed by atoms with Crippen LogP contribution in [0.25, 0.3) is 0 Å². The van der Waals surface area contributed by atoms with Crippen LogP contribution in [0, 0.1) is 5.92 Å². The van der Waals surface area contributed by atoms with Crippen molar-refractivity contribution in [3.8, 4) is 0 Å². The fourth-order valence-electron chi connectivity index (χ4n) is 3.15. The first-order valence-electron chi connectivity index (χ1n) is 11.0. The molecule has 0 bridgehead atoms. The minimum absolute atomic E-state index is 0. The maximum absolute atomic E-state index is 5.29. The van der Waals surface area contributed by atoms with Crippen molar-refractivity contribution in [1.29, 1.82) is 0 Å². The summed E-state index contributed by atoms with van der Waals surface area (Å²) in [5.74, 6) is 0.310. The third-order valence-corrected chi connectivity index (χ3v) is 5.71. The average molecular weight is 518 g/mol. The summed E-state index contributed by atoms with van der Waals surface area (Å²) in [7, 11) is 0. The summed E-state index contributed by atoms with van der Waals surface area (Å²) in [6.07, 6.45) is 1.85. The zero-order valence-corrected chi connectivity index (χ0v) is 22.0. The van der Waals surface area contributed by atoms with Gasteiger partial charge < -0.3 is 35.1 Å². The van der Waals surface area contributed by atoms with Crippen molar-refractivity contribution >= 4 is 47.0 Å². The van der Waals surface area contributed by atoms with E-state index >= 15 is 0 Å². The monoisotopic (exact) mass is 517 g/mol. The maximum Gasteiger partial charge on any atom is 2.00 e. The molecule has 1 atom stereocenters. The van der Waals surface area contributed by atoms with E-state index in [2.05, 4.69) is 75.5 Å². The van der Waals surface area contributed by atoms with Crippen molar-refractivity contribution in [3.63, 3.8) is 0 Å². The van der Waals surface area contributed by atoms with Gasteiger partial charge in [0, 0.05) is 19.0 Å². The minimum Gasteiger partial charge on any atom is -0.741 e. The van der Waals surface area contributed by atoms with Gasteiger partial charge in [0.2, 0.25) is 0 Å². The van der Waals surface area contributed by atoms with Crippen molar-refractivity contribution in [2.24, 2.45) is 26.1 Å². The summed E-state index contributed by atoms with van der Waals surface area (Å²) in [5, 5.41) is 9.73. The predicted molar refractivity (Wildman–Crippen MR) is 134 cm³/mol. The molecule has 2 N–H and O–H groups in total. The number of rotatable bonds is 12. The van der Waals surface area contributed by atoms with Crippen molar-refractivity contribution in [3.05, 3.63) is 0 Å². The zero-order valence-electron chi connectivity index (χ0n) is 19.4. The normalized spacial score (nSPS) is 20.0. The van der Waals surface area contributed by atoms with E-state index in [4.69, 9.17) is 25.3 Å². The second-order valence-corrected chi connectivity index (χ2v) is 7.92.